The lowest BCUT2D eigenvalue weighted by molar-refractivity contribution is 0.188. The van der Waals surface area contributed by atoms with Gasteiger partial charge < -0.3 is 5.32 Å². The van der Waals surface area contributed by atoms with Crippen LogP contribution in [-0.2, 0) is 0 Å². The van der Waals surface area contributed by atoms with E-state index in [9.17, 15) is 4.39 Å². The van der Waals surface area contributed by atoms with Crippen molar-refractivity contribution in [2.75, 3.05) is 5.32 Å². The van der Waals surface area contributed by atoms with Crippen LogP contribution >= 0.6 is 11.6 Å². The van der Waals surface area contributed by atoms with Gasteiger partial charge in [-0.05, 0) is 62.1 Å². The molecule has 0 unspecified atom stereocenters. The molecule has 1 spiro atoms. The third kappa shape index (κ3) is 2.89. The van der Waals surface area contributed by atoms with Gasteiger partial charge >= 0.3 is 0 Å². The Balaban J connectivity index is 1.61. The Labute approximate surface area is 119 Å². The van der Waals surface area contributed by atoms with E-state index in [1.165, 1.54) is 44.6 Å². The highest BCUT2D eigenvalue weighted by molar-refractivity contribution is 6.30. The summed E-state index contributed by atoms with van der Waals surface area (Å²) in [6, 6.07) is 5.12. The van der Waals surface area contributed by atoms with E-state index in [0.717, 1.165) is 12.8 Å². The molecule has 2 fully saturated rings. The van der Waals surface area contributed by atoms with Crippen LogP contribution in [0.5, 0.6) is 0 Å². The number of hydrogen-bond acceptors (Lipinski definition) is 1. The maximum Gasteiger partial charge on any atom is 0.146 e. The first-order chi connectivity index (χ1) is 9.17. The van der Waals surface area contributed by atoms with E-state index >= 15 is 0 Å². The Morgan fingerprint density at radius 1 is 1.11 bits per heavy atom. The number of nitrogens with one attached hydrogen (secondary N) is 1. The normalized spacial score (nSPS) is 22.8. The highest BCUT2D eigenvalue weighted by Crippen LogP contribution is 2.49. The largest absolute Gasteiger partial charge is 0.380 e. The van der Waals surface area contributed by atoms with Crippen LogP contribution in [0.25, 0.3) is 0 Å². The van der Waals surface area contributed by atoms with Gasteiger partial charge in [0.2, 0.25) is 0 Å². The van der Waals surface area contributed by atoms with Crippen molar-refractivity contribution in [2.45, 2.75) is 57.4 Å². The molecule has 1 aromatic rings. The summed E-state index contributed by atoms with van der Waals surface area (Å²) in [5.41, 5.74) is 1.19. The number of hydrogen-bond donors (Lipinski definition) is 1. The Morgan fingerprint density at radius 2 is 1.79 bits per heavy atom. The minimum absolute atomic E-state index is 0.203. The quantitative estimate of drug-likeness (QED) is 0.766. The van der Waals surface area contributed by atoms with Crippen molar-refractivity contribution in [1.29, 1.82) is 0 Å². The zero-order valence-electron chi connectivity index (χ0n) is 11.2. The van der Waals surface area contributed by atoms with Crippen LogP contribution in [-0.4, -0.2) is 6.04 Å². The standard InChI is InChI=1S/C16H21ClFN/c17-12-3-4-14(18)15(11-12)19-13-5-9-16(10-6-13)7-1-2-8-16/h3-4,11,13,19H,1-2,5-10H2. The first-order valence-electron chi connectivity index (χ1n) is 7.39. The molecule has 1 N–H and O–H groups in total. The van der Waals surface area contributed by atoms with Gasteiger partial charge in [0.15, 0.2) is 0 Å². The van der Waals surface area contributed by atoms with Crippen molar-refractivity contribution in [3.63, 3.8) is 0 Å². The predicted octanol–water partition coefficient (Wildman–Crippen LogP) is 5.39. The second kappa shape index (κ2) is 5.32. The highest BCUT2D eigenvalue weighted by atomic mass is 35.5. The molecule has 2 aliphatic rings. The summed E-state index contributed by atoms with van der Waals surface area (Å²) >= 11 is 5.93. The van der Waals surface area contributed by atoms with Gasteiger partial charge in [-0.3, -0.25) is 0 Å². The van der Waals surface area contributed by atoms with Crippen LogP contribution in [0.3, 0.4) is 0 Å². The third-order valence-corrected chi connectivity index (χ3v) is 5.23. The molecule has 1 aromatic carbocycles. The lowest BCUT2D eigenvalue weighted by Crippen LogP contribution is -2.31. The summed E-state index contributed by atoms with van der Waals surface area (Å²) in [6.45, 7) is 0. The fourth-order valence-corrected chi connectivity index (χ4v) is 4.00. The van der Waals surface area contributed by atoms with Crippen LogP contribution in [0.4, 0.5) is 10.1 Å². The zero-order valence-corrected chi connectivity index (χ0v) is 12.0. The second-order valence-corrected chi connectivity index (χ2v) is 6.69. The molecule has 0 amide bonds. The average Bonchev–Trinajstić information content (AvgIpc) is 2.85. The first kappa shape index (κ1) is 13.2. The molecule has 0 aromatic heterocycles. The minimum Gasteiger partial charge on any atom is -0.380 e. The fourth-order valence-electron chi connectivity index (χ4n) is 3.83. The third-order valence-electron chi connectivity index (χ3n) is 5.00. The molecule has 104 valence electrons. The van der Waals surface area contributed by atoms with Crippen LogP contribution in [0.2, 0.25) is 5.02 Å². The topological polar surface area (TPSA) is 12.0 Å². The van der Waals surface area contributed by atoms with E-state index in [2.05, 4.69) is 5.32 Å². The molecular formula is C16H21ClFN. The lowest BCUT2D eigenvalue weighted by atomic mass is 9.71. The molecule has 0 bridgehead atoms. The molecule has 1 nitrogen and oxygen atoms in total. The highest BCUT2D eigenvalue weighted by Gasteiger charge is 2.37. The molecule has 2 saturated carbocycles. The number of rotatable bonds is 2. The predicted molar refractivity (Wildman–Crippen MR) is 78.2 cm³/mol. The Bertz CT molecular complexity index is 444. The van der Waals surface area contributed by atoms with Gasteiger partial charge in [0.1, 0.15) is 5.82 Å². The number of anilines is 1. The van der Waals surface area contributed by atoms with Crippen molar-refractivity contribution in [2.24, 2.45) is 5.41 Å². The molecule has 3 heteroatoms. The van der Waals surface area contributed by atoms with Crippen molar-refractivity contribution >= 4 is 17.3 Å². The maximum absolute atomic E-state index is 13.7. The maximum atomic E-state index is 13.7. The van der Waals surface area contributed by atoms with E-state index in [-0.39, 0.29) is 5.82 Å². The monoisotopic (exact) mass is 281 g/mol. The molecule has 3 rings (SSSR count). The number of halogens is 2. The number of benzene rings is 1. The van der Waals surface area contributed by atoms with Gasteiger partial charge in [-0.25, -0.2) is 4.39 Å². The van der Waals surface area contributed by atoms with Crippen LogP contribution in [0, 0.1) is 11.2 Å². The zero-order chi connectivity index (χ0) is 13.3. The Kier molecular flexibility index (Phi) is 3.70. The molecule has 0 saturated heterocycles. The summed E-state index contributed by atoms with van der Waals surface area (Å²) < 4.78 is 13.7. The summed E-state index contributed by atoms with van der Waals surface area (Å²) in [6.07, 6.45) is 10.5. The fraction of sp³-hybridized carbons (Fsp3) is 0.625. The van der Waals surface area contributed by atoms with Crippen molar-refractivity contribution in [3.8, 4) is 0 Å². The smallest absolute Gasteiger partial charge is 0.146 e. The summed E-state index contributed by atoms with van der Waals surface area (Å²) in [5, 5.41) is 3.93. The lowest BCUT2D eigenvalue weighted by Gasteiger charge is -2.37. The van der Waals surface area contributed by atoms with Crippen LogP contribution in [0.15, 0.2) is 18.2 Å². The van der Waals surface area contributed by atoms with Gasteiger partial charge in [-0.15, -0.1) is 0 Å². The van der Waals surface area contributed by atoms with Crippen molar-refractivity contribution in [3.05, 3.63) is 29.0 Å². The molecule has 0 aliphatic heterocycles. The van der Waals surface area contributed by atoms with Gasteiger partial charge in [0, 0.05) is 11.1 Å². The van der Waals surface area contributed by atoms with Gasteiger partial charge in [0.05, 0.1) is 5.69 Å². The van der Waals surface area contributed by atoms with Crippen LogP contribution < -0.4 is 5.32 Å². The molecule has 0 atom stereocenters. The molecular weight excluding hydrogens is 261 g/mol. The van der Waals surface area contributed by atoms with Crippen LogP contribution in [0.1, 0.15) is 51.4 Å². The summed E-state index contributed by atoms with van der Waals surface area (Å²) in [4.78, 5) is 0. The first-order valence-corrected chi connectivity index (χ1v) is 7.76. The van der Waals surface area contributed by atoms with Gasteiger partial charge in [-0.1, -0.05) is 24.4 Å². The van der Waals surface area contributed by atoms with E-state index in [4.69, 9.17) is 11.6 Å². The SMILES string of the molecule is Fc1ccc(Cl)cc1NC1CCC2(CCCC2)CC1. The molecule has 2 aliphatic carbocycles. The van der Waals surface area contributed by atoms with E-state index in [1.807, 2.05) is 0 Å². The summed E-state index contributed by atoms with van der Waals surface area (Å²) in [7, 11) is 0. The Morgan fingerprint density at radius 3 is 2.47 bits per heavy atom. The minimum atomic E-state index is -0.203. The van der Waals surface area contributed by atoms with E-state index in [1.54, 1.807) is 12.1 Å². The average molecular weight is 282 g/mol. The van der Waals surface area contributed by atoms with Gasteiger partial charge in [0.25, 0.3) is 0 Å². The summed E-state index contributed by atoms with van der Waals surface area (Å²) in [5.74, 6) is -0.203. The van der Waals surface area contributed by atoms with Gasteiger partial charge in [-0.2, -0.15) is 0 Å². The molecule has 0 heterocycles. The van der Waals surface area contributed by atoms with E-state index < -0.39 is 0 Å². The van der Waals surface area contributed by atoms with Crippen molar-refractivity contribution < 1.29 is 4.39 Å². The molecule has 0 radical (unpaired) electrons. The van der Waals surface area contributed by atoms with Crippen molar-refractivity contribution in [1.82, 2.24) is 0 Å². The molecule has 19 heavy (non-hydrogen) atoms. The second-order valence-electron chi connectivity index (χ2n) is 6.25. The Hall–Kier alpha value is -0.760. The van der Waals surface area contributed by atoms with E-state index in [0.29, 0.717) is 22.2 Å².